The number of nitro groups is 1. The molecule has 0 unspecified atom stereocenters. The van der Waals surface area contributed by atoms with Crippen LogP contribution in [0.15, 0.2) is 18.2 Å². The Morgan fingerprint density at radius 2 is 2.04 bits per heavy atom. The fourth-order valence-corrected chi connectivity index (χ4v) is 2.01. The second kappa shape index (κ2) is 6.64. The number of benzene rings is 1. The molecule has 1 aliphatic carbocycles. The third kappa shape index (κ3) is 4.18. The van der Waals surface area contributed by atoms with Crippen molar-refractivity contribution >= 4 is 23.3 Å². The molecule has 0 spiro atoms. The Hall–Kier alpha value is -2.64. The van der Waals surface area contributed by atoms with Crippen molar-refractivity contribution in [1.29, 1.82) is 0 Å². The Balaban J connectivity index is 2.17. The summed E-state index contributed by atoms with van der Waals surface area (Å²) in [6.45, 7) is 1.47. The lowest BCUT2D eigenvalue weighted by molar-refractivity contribution is -0.384. The van der Waals surface area contributed by atoms with Gasteiger partial charge in [0.25, 0.3) is 11.6 Å². The molecule has 1 aromatic rings. The Labute approximate surface area is 133 Å². The van der Waals surface area contributed by atoms with Crippen LogP contribution >= 0.6 is 0 Å². The van der Waals surface area contributed by atoms with E-state index >= 15 is 0 Å². The van der Waals surface area contributed by atoms with Crippen molar-refractivity contribution < 1.29 is 19.2 Å². The Morgan fingerprint density at radius 1 is 1.39 bits per heavy atom. The van der Waals surface area contributed by atoms with E-state index in [1.165, 1.54) is 19.1 Å². The molecular weight excluding hydrogens is 302 g/mol. The molecule has 0 aliphatic heterocycles. The van der Waals surface area contributed by atoms with Gasteiger partial charge in [0.15, 0.2) is 6.10 Å². The molecule has 8 nitrogen and oxygen atoms in total. The third-order valence-electron chi connectivity index (χ3n) is 3.47. The maximum atomic E-state index is 12.3. The van der Waals surface area contributed by atoms with Crippen LogP contribution in [0.4, 0.5) is 11.4 Å². The first-order valence-electron chi connectivity index (χ1n) is 7.26. The van der Waals surface area contributed by atoms with Gasteiger partial charge in [0.05, 0.1) is 16.2 Å². The Morgan fingerprint density at radius 3 is 2.57 bits per heavy atom. The van der Waals surface area contributed by atoms with Crippen LogP contribution in [0.3, 0.4) is 0 Å². The van der Waals surface area contributed by atoms with Gasteiger partial charge in [-0.05, 0) is 25.8 Å². The van der Waals surface area contributed by atoms with Gasteiger partial charge in [0.2, 0.25) is 0 Å². The number of amides is 1. The summed E-state index contributed by atoms with van der Waals surface area (Å²) in [5.74, 6) is -1.13. The number of nitrogens with one attached hydrogen (secondary N) is 1. The van der Waals surface area contributed by atoms with E-state index in [1.807, 2.05) is 0 Å². The van der Waals surface area contributed by atoms with Crippen LogP contribution in [0.5, 0.6) is 0 Å². The predicted octanol–water partition coefficient (Wildman–Crippen LogP) is 1.48. The van der Waals surface area contributed by atoms with E-state index < -0.39 is 17.0 Å². The summed E-state index contributed by atoms with van der Waals surface area (Å²) in [5.41, 5.74) is 0.323. The largest absolute Gasteiger partial charge is 0.449 e. The Bertz CT molecular complexity index is 640. The lowest BCUT2D eigenvalue weighted by atomic mass is 10.1. The first kappa shape index (κ1) is 16.7. The zero-order valence-corrected chi connectivity index (χ0v) is 13.2. The normalized spacial score (nSPS) is 14.7. The van der Waals surface area contributed by atoms with Crippen molar-refractivity contribution in [2.45, 2.75) is 31.9 Å². The molecular formula is C15H19N3O5. The zero-order chi connectivity index (χ0) is 17.1. The van der Waals surface area contributed by atoms with Gasteiger partial charge < -0.3 is 15.0 Å². The van der Waals surface area contributed by atoms with Crippen LogP contribution in [-0.2, 0) is 9.53 Å². The summed E-state index contributed by atoms with van der Waals surface area (Å²) in [5, 5.41) is 13.6. The van der Waals surface area contributed by atoms with E-state index in [0.29, 0.717) is 5.69 Å². The van der Waals surface area contributed by atoms with Gasteiger partial charge in [0.1, 0.15) is 0 Å². The average molecular weight is 321 g/mol. The number of ether oxygens (including phenoxy) is 1. The second-order valence-electron chi connectivity index (χ2n) is 5.68. The molecule has 23 heavy (non-hydrogen) atoms. The summed E-state index contributed by atoms with van der Waals surface area (Å²) in [6, 6.07) is 4.11. The maximum Gasteiger partial charge on any atom is 0.341 e. The van der Waals surface area contributed by atoms with E-state index in [2.05, 4.69) is 5.32 Å². The predicted molar refractivity (Wildman–Crippen MR) is 83.5 cm³/mol. The van der Waals surface area contributed by atoms with Gasteiger partial charge in [-0.2, -0.15) is 0 Å². The van der Waals surface area contributed by atoms with E-state index in [-0.39, 0.29) is 23.2 Å². The molecule has 1 N–H and O–H groups in total. The fourth-order valence-electron chi connectivity index (χ4n) is 2.01. The first-order chi connectivity index (χ1) is 10.8. The van der Waals surface area contributed by atoms with Crippen LogP contribution in [0, 0.1) is 10.1 Å². The molecule has 0 aromatic heterocycles. The molecule has 124 valence electrons. The molecule has 0 radical (unpaired) electrons. The maximum absolute atomic E-state index is 12.3. The smallest absolute Gasteiger partial charge is 0.341 e. The lowest BCUT2D eigenvalue weighted by Crippen LogP contribution is -2.37. The van der Waals surface area contributed by atoms with E-state index in [0.717, 1.165) is 18.9 Å². The molecule has 0 saturated heterocycles. The van der Waals surface area contributed by atoms with E-state index in [1.54, 1.807) is 19.0 Å². The number of carbonyl (C=O) groups excluding carboxylic acids is 2. The van der Waals surface area contributed by atoms with Crippen molar-refractivity contribution in [3.05, 3.63) is 33.9 Å². The van der Waals surface area contributed by atoms with Crippen LogP contribution in [0.25, 0.3) is 0 Å². The molecule has 1 fully saturated rings. The van der Waals surface area contributed by atoms with Crippen LogP contribution in [0.1, 0.15) is 30.1 Å². The molecule has 0 heterocycles. The third-order valence-corrected chi connectivity index (χ3v) is 3.47. The SMILES string of the molecule is C[C@H](OC(=O)c1cc([N+](=O)[O-])ccc1N(C)C)C(=O)NC1CC1. The first-order valence-corrected chi connectivity index (χ1v) is 7.26. The van der Waals surface area contributed by atoms with Crippen LogP contribution in [-0.4, -0.2) is 43.0 Å². The summed E-state index contributed by atoms with van der Waals surface area (Å²) in [6.07, 6.45) is 0.904. The van der Waals surface area contributed by atoms with Gasteiger partial charge in [-0.1, -0.05) is 0 Å². The van der Waals surface area contributed by atoms with E-state index in [9.17, 15) is 19.7 Å². The number of hydrogen-bond donors (Lipinski definition) is 1. The quantitative estimate of drug-likeness (QED) is 0.484. The lowest BCUT2D eigenvalue weighted by Gasteiger charge is -2.18. The standard InChI is InChI=1S/C15H19N3O5/c1-9(14(19)16-10-4-5-10)23-15(20)12-8-11(18(21)22)6-7-13(12)17(2)3/h6-10H,4-5H2,1-3H3,(H,16,19)/t9-/m0/s1. The van der Waals surface area contributed by atoms with Crippen molar-refractivity contribution in [2.24, 2.45) is 0 Å². The molecule has 8 heteroatoms. The highest BCUT2D eigenvalue weighted by Crippen LogP contribution is 2.25. The summed E-state index contributed by atoms with van der Waals surface area (Å²) in [4.78, 5) is 36.1. The molecule has 1 amide bonds. The highest BCUT2D eigenvalue weighted by molar-refractivity contribution is 5.98. The second-order valence-corrected chi connectivity index (χ2v) is 5.68. The van der Waals surface area contributed by atoms with Crippen LogP contribution in [0.2, 0.25) is 0 Å². The van der Waals surface area contributed by atoms with Gasteiger partial charge >= 0.3 is 5.97 Å². The number of non-ortho nitro benzene ring substituents is 1. The van der Waals surface area contributed by atoms with Crippen molar-refractivity contribution in [2.75, 3.05) is 19.0 Å². The fraction of sp³-hybridized carbons (Fsp3) is 0.467. The number of esters is 1. The van der Waals surface area contributed by atoms with Gasteiger partial charge in [-0.15, -0.1) is 0 Å². The summed E-state index contributed by atoms with van der Waals surface area (Å²) < 4.78 is 5.15. The molecule has 1 atom stereocenters. The monoisotopic (exact) mass is 321 g/mol. The molecule has 2 rings (SSSR count). The number of rotatable bonds is 6. The van der Waals surface area contributed by atoms with Crippen molar-refractivity contribution in [1.82, 2.24) is 5.32 Å². The number of hydrogen-bond acceptors (Lipinski definition) is 6. The minimum atomic E-state index is -0.961. The number of anilines is 1. The van der Waals surface area contributed by atoms with E-state index in [4.69, 9.17) is 4.74 Å². The minimum Gasteiger partial charge on any atom is -0.449 e. The number of carbonyl (C=O) groups is 2. The highest BCUT2D eigenvalue weighted by Gasteiger charge is 2.28. The molecule has 1 aromatic carbocycles. The van der Waals surface area contributed by atoms with Crippen LogP contribution < -0.4 is 10.2 Å². The average Bonchev–Trinajstić information content (AvgIpc) is 3.30. The number of nitro benzene ring substituents is 1. The molecule has 1 saturated carbocycles. The topological polar surface area (TPSA) is 102 Å². The van der Waals surface area contributed by atoms with Gasteiger partial charge in [-0.25, -0.2) is 4.79 Å². The zero-order valence-electron chi connectivity index (χ0n) is 13.2. The van der Waals surface area contributed by atoms with Gasteiger partial charge in [-0.3, -0.25) is 14.9 Å². The minimum absolute atomic E-state index is 0.0512. The summed E-state index contributed by atoms with van der Waals surface area (Å²) >= 11 is 0. The van der Waals surface area contributed by atoms with Crippen molar-refractivity contribution in [3.63, 3.8) is 0 Å². The molecule has 1 aliphatic rings. The number of nitrogens with zero attached hydrogens (tertiary/aromatic N) is 2. The molecule has 0 bridgehead atoms. The van der Waals surface area contributed by atoms with Crippen molar-refractivity contribution in [3.8, 4) is 0 Å². The highest BCUT2D eigenvalue weighted by atomic mass is 16.6. The Kier molecular flexibility index (Phi) is 4.83. The summed E-state index contributed by atoms with van der Waals surface area (Å²) in [7, 11) is 3.42. The van der Waals surface area contributed by atoms with Gasteiger partial charge in [0, 0.05) is 32.3 Å².